The number of hydrogen-bond acceptors (Lipinski definition) is 8. The largest absolute Gasteiger partial charge is 0.462 e. The molecule has 0 bridgehead atoms. The maximum absolute atomic E-state index is 12.5. The molecule has 0 rings (SSSR count). The van der Waals surface area contributed by atoms with Gasteiger partial charge < -0.3 is 25.3 Å². The Labute approximate surface area is 259 Å². The molecule has 2 atom stereocenters. The van der Waals surface area contributed by atoms with Gasteiger partial charge in [0, 0.05) is 19.8 Å². The van der Waals surface area contributed by atoms with Gasteiger partial charge in [-0.2, -0.15) is 0 Å². The number of nitrogens with one attached hydrogen (secondary N) is 1. The fourth-order valence-corrected chi connectivity index (χ4v) is 4.69. The third-order valence-corrected chi connectivity index (χ3v) is 7.18. The molecule has 0 fully saturated rings. The second-order valence-corrected chi connectivity index (χ2v) is 11.5. The number of esters is 3. The second-order valence-electron chi connectivity index (χ2n) is 11.5. The average Bonchev–Trinajstić information content (AvgIpc) is 2.95. The van der Waals surface area contributed by atoms with E-state index in [1.54, 1.807) is 0 Å². The number of unbranched alkanes of at least 4 members (excludes halogenated alkanes) is 16. The zero-order valence-electron chi connectivity index (χ0n) is 27.3. The van der Waals surface area contributed by atoms with E-state index in [1.807, 2.05) is 0 Å². The van der Waals surface area contributed by atoms with Crippen molar-refractivity contribution < 1.29 is 38.2 Å². The molecular formula is C33H60N2O8. The Kier molecular flexibility index (Phi) is 26.4. The van der Waals surface area contributed by atoms with Crippen LogP contribution in [0.25, 0.3) is 0 Å². The fourth-order valence-electron chi connectivity index (χ4n) is 4.69. The molecule has 0 aliphatic carbocycles. The topological polar surface area (TPSA) is 151 Å². The van der Waals surface area contributed by atoms with Crippen molar-refractivity contribution in [3.8, 4) is 0 Å². The summed E-state index contributed by atoms with van der Waals surface area (Å²) >= 11 is 0. The van der Waals surface area contributed by atoms with Crippen LogP contribution in [0.1, 0.15) is 156 Å². The smallest absolute Gasteiger partial charge is 0.329 e. The van der Waals surface area contributed by atoms with Crippen LogP contribution in [-0.2, 0) is 38.2 Å². The quantitative estimate of drug-likeness (QED) is 0.0575. The second kappa shape index (κ2) is 28.1. The summed E-state index contributed by atoms with van der Waals surface area (Å²) in [5.74, 6) is -3.08. The highest BCUT2D eigenvalue weighted by Gasteiger charge is 2.26. The van der Waals surface area contributed by atoms with E-state index in [0.717, 1.165) is 44.9 Å². The van der Waals surface area contributed by atoms with Gasteiger partial charge in [-0.25, -0.2) is 4.79 Å². The van der Waals surface area contributed by atoms with Gasteiger partial charge in [0.2, 0.25) is 11.8 Å². The first-order valence-electron chi connectivity index (χ1n) is 16.8. The van der Waals surface area contributed by atoms with Crippen LogP contribution in [-0.4, -0.2) is 55.1 Å². The lowest BCUT2D eigenvalue weighted by Gasteiger charge is -2.20. The zero-order valence-corrected chi connectivity index (χ0v) is 27.3. The molecule has 0 aromatic rings. The van der Waals surface area contributed by atoms with E-state index in [4.69, 9.17) is 19.9 Å². The molecule has 0 heterocycles. The molecule has 0 aliphatic rings. The zero-order chi connectivity index (χ0) is 32.1. The highest BCUT2D eigenvalue weighted by Crippen LogP contribution is 2.13. The van der Waals surface area contributed by atoms with Crippen molar-refractivity contribution in [1.29, 1.82) is 0 Å². The molecule has 2 amide bonds. The molecule has 0 saturated heterocycles. The van der Waals surface area contributed by atoms with Gasteiger partial charge in [-0.05, 0) is 12.8 Å². The van der Waals surface area contributed by atoms with E-state index < -0.39 is 48.3 Å². The summed E-state index contributed by atoms with van der Waals surface area (Å²) in [7, 11) is 0. The van der Waals surface area contributed by atoms with Crippen molar-refractivity contribution in [3.63, 3.8) is 0 Å². The van der Waals surface area contributed by atoms with Gasteiger partial charge in [0.15, 0.2) is 6.10 Å². The van der Waals surface area contributed by atoms with Crippen molar-refractivity contribution in [2.24, 2.45) is 5.73 Å². The number of primary amides is 1. The molecule has 1 unspecified atom stereocenters. The van der Waals surface area contributed by atoms with Crippen LogP contribution in [0, 0.1) is 0 Å². The lowest BCUT2D eigenvalue weighted by Crippen LogP contribution is -2.44. The number of nitrogens with two attached hydrogens (primary N) is 1. The number of carbonyl (C=O) groups excluding carboxylic acids is 5. The van der Waals surface area contributed by atoms with Crippen LogP contribution in [0.2, 0.25) is 0 Å². The van der Waals surface area contributed by atoms with Crippen LogP contribution in [0.4, 0.5) is 0 Å². The summed E-state index contributed by atoms with van der Waals surface area (Å²) in [6.07, 6.45) is 19.2. The van der Waals surface area contributed by atoms with Crippen LogP contribution in [0.15, 0.2) is 0 Å². The van der Waals surface area contributed by atoms with E-state index in [-0.39, 0.29) is 26.1 Å². The number of amides is 2. The van der Waals surface area contributed by atoms with Gasteiger partial charge in [-0.1, -0.05) is 117 Å². The summed E-state index contributed by atoms with van der Waals surface area (Å²) in [6, 6.07) is -1.26. The Morgan fingerprint density at radius 3 is 1.47 bits per heavy atom. The van der Waals surface area contributed by atoms with Gasteiger partial charge in [0.1, 0.15) is 19.3 Å². The molecule has 0 spiro atoms. The minimum absolute atomic E-state index is 0.211. The molecule has 3 N–H and O–H groups in total. The Morgan fingerprint density at radius 2 is 1.02 bits per heavy atom. The first-order valence-corrected chi connectivity index (χ1v) is 16.8. The van der Waals surface area contributed by atoms with Crippen molar-refractivity contribution >= 4 is 29.7 Å². The normalized spacial score (nSPS) is 12.3. The molecular weight excluding hydrogens is 552 g/mol. The predicted octanol–water partition coefficient (Wildman–Crippen LogP) is 6.21. The van der Waals surface area contributed by atoms with E-state index in [2.05, 4.69) is 19.2 Å². The highest BCUT2D eigenvalue weighted by molar-refractivity contribution is 5.88. The van der Waals surface area contributed by atoms with Crippen LogP contribution < -0.4 is 11.1 Å². The molecule has 0 saturated carbocycles. The Hall–Kier alpha value is -2.65. The molecule has 0 radical (unpaired) electrons. The monoisotopic (exact) mass is 612 g/mol. The molecule has 43 heavy (non-hydrogen) atoms. The Balaban J connectivity index is 4.66. The van der Waals surface area contributed by atoms with Crippen molar-refractivity contribution in [1.82, 2.24) is 5.32 Å². The number of hydrogen-bond donors (Lipinski definition) is 2. The molecule has 0 aromatic heterocycles. The number of ether oxygens (including phenoxy) is 3. The van der Waals surface area contributed by atoms with Gasteiger partial charge in [-0.3, -0.25) is 19.2 Å². The molecule has 0 aromatic carbocycles. The van der Waals surface area contributed by atoms with Crippen LogP contribution in [0.5, 0.6) is 0 Å². The first kappa shape index (κ1) is 40.4. The summed E-state index contributed by atoms with van der Waals surface area (Å²) in [4.78, 5) is 60.1. The molecule has 250 valence electrons. The fraction of sp³-hybridized carbons (Fsp3) is 0.848. The van der Waals surface area contributed by atoms with Crippen molar-refractivity contribution in [2.45, 2.75) is 168 Å². The van der Waals surface area contributed by atoms with Gasteiger partial charge in [0.25, 0.3) is 0 Å². The number of carbonyl (C=O) groups is 5. The van der Waals surface area contributed by atoms with E-state index in [0.29, 0.717) is 6.42 Å². The van der Waals surface area contributed by atoms with Gasteiger partial charge in [0.05, 0.1) is 6.42 Å². The minimum Gasteiger partial charge on any atom is -0.462 e. The van der Waals surface area contributed by atoms with E-state index in [9.17, 15) is 24.0 Å². The van der Waals surface area contributed by atoms with Gasteiger partial charge >= 0.3 is 17.9 Å². The first-order chi connectivity index (χ1) is 20.7. The SMILES string of the molecule is CCCCCCCCCCCC(=O)OCC(COC(=O)[C@H](CC(N)=O)NC(C)=O)OC(=O)CCCCCCCCCCC. The Bertz CT molecular complexity index is 758. The molecule has 0 aliphatic heterocycles. The standard InChI is InChI=1S/C33H60N2O8/c1-4-6-8-10-12-14-16-18-20-22-31(38)41-25-28(26-42-33(40)29(24-30(34)37)35-27(3)36)43-32(39)23-21-19-17-15-13-11-9-7-5-2/h28-29H,4-26H2,1-3H3,(H2,34,37)(H,35,36)/t28?,29-/m0/s1. The number of rotatable bonds is 29. The Morgan fingerprint density at radius 1 is 0.605 bits per heavy atom. The van der Waals surface area contributed by atoms with Crippen molar-refractivity contribution in [3.05, 3.63) is 0 Å². The maximum atomic E-state index is 12.5. The third kappa shape index (κ3) is 26.7. The molecule has 10 nitrogen and oxygen atoms in total. The maximum Gasteiger partial charge on any atom is 0.329 e. The lowest BCUT2D eigenvalue weighted by atomic mass is 10.1. The van der Waals surface area contributed by atoms with E-state index >= 15 is 0 Å². The minimum atomic E-state index is -1.26. The average molecular weight is 613 g/mol. The summed E-state index contributed by atoms with van der Waals surface area (Å²) in [5, 5.41) is 2.33. The lowest BCUT2D eigenvalue weighted by molar-refractivity contribution is -0.168. The molecule has 10 heteroatoms. The third-order valence-electron chi connectivity index (χ3n) is 7.18. The van der Waals surface area contributed by atoms with Crippen LogP contribution in [0.3, 0.4) is 0 Å². The summed E-state index contributed by atoms with van der Waals surface area (Å²) in [5.41, 5.74) is 5.18. The summed E-state index contributed by atoms with van der Waals surface area (Å²) < 4.78 is 16.1. The van der Waals surface area contributed by atoms with Crippen molar-refractivity contribution in [2.75, 3.05) is 13.2 Å². The highest BCUT2D eigenvalue weighted by atomic mass is 16.6. The summed E-state index contributed by atoms with van der Waals surface area (Å²) in [6.45, 7) is 4.96. The van der Waals surface area contributed by atoms with Gasteiger partial charge in [-0.15, -0.1) is 0 Å². The van der Waals surface area contributed by atoms with Crippen LogP contribution >= 0.6 is 0 Å². The van der Waals surface area contributed by atoms with E-state index in [1.165, 1.54) is 71.1 Å². The predicted molar refractivity (Wildman–Crippen MR) is 167 cm³/mol.